The van der Waals surface area contributed by atoms with Gasteiger partial charge in [0.25, 0.3) is 0 Å². The minimum Gasteiger partial charge on any atom is -0.494 e. The Labute approximate surface area is 110 Å². The van der Waals surface area contributed by atoms with Gasteiger partial charge in [-0.15, -0.1) is 0 Å². The molecule has 0 saturated heterocycles. The molecule has 0 aliphatic heterocycles. The Bertz CT molecular complexity index is 476. The molecule has 1 atom stereocenters. The summed E-state index contributed by atoms with van der Waals surface area (Å²) in [6, 6.07) is 3.26. The number of carboxylic acids is 1. The third-order valence-corrected chi connectivity index (χ3v) is 2.62. The smallest absolute Gasteiger partial charge is 0.326 e. The van der Waals surface area contributed by atoms with Gasteiger partial charge in [0.1, 0.15) is 6.04 Å². The van der Waals surface area contributed by atoms with E-state index in [9.17, 15) is 14.0 Å². The van der Waals surface area contributed by atoms with Gasteiger partial charge in [0.05, 0.1) is 13.5 Å². The minimum atomic E-state index is -1.09. The summed E-state index contributed by atoms with van der Waals surface area (Å²) < 4.78 is 18.2. The summed E-state index contributed by atoms with van der Waals surface area (Å²) in [6.07, 6.45) is 0.211. The first-order valence-electron chi connectivity index (χ1n) is 5.82. The number of halogens is 1. The van der Waals surface area contributed by atoms with Gasteiger partial charge in [-0.05, 0) is 24.1 Å². The summed E-state index contributed by atoms with van der Waals surface area (Å²) in [6.45, 7) is 1.66. The predicted octanol–water partition coefficient (Wildman–Crippen LogP) is 1.36. The maximum atomic E-state index is 13.4. The molecule has 19 heavy (non-hydrogen) atoms. The molecule has 1 aromatic carbocycles. The number of carboxylic acid groups (broad SMARTS) is 1. The van der Waals surface area contributed by atoms with Crippen molar-refractivity contribution >= 4 is 11.9 Å². The molecular weight excluding hydrogens is 253 g/mol. The van der Waals surface area contributed by atoms with Crippen LogP contribution in [0.25, 0.3) is 0 Å². The van der Waals surface area contributed by atoms with Crippen LogP contribution in [0.3, 0.4) is 0 Å². The maximum Gasteiger partial charge on any atom is 0.326 e. The van der Waals surface area contributed by atoms with E-state index in [2.05, 4.69) is 5.32 Å². The molecule has 5 nitrogen and oxygen atoms in total. The van der Waals surface area contributed by atoms with Gasteiger partial charge in [0.15, 0.2) is 11.6 Å². The van der Waals surface area contributed by atoms with E-state index in [0.29, 0.717) is 5.56 Å². The molecule has 0 heterocycles. The first-order chi connectivity index (χ1) is 8.97. The normalized spacial score (nSPS) is 11.7. The number of carbonyl (C=O) groups is 2. The minimum absolute atomic E-state index is 0.0787. The Balaban J connectivity index is 2.67. The summed E-state index contributed by atoms with van der Waals surface area (Å²) in [5.41, 5.74) is 0.455. The third kappa shape index (κ3) is 4.24. The second kappa shape index (κ2) is 6.72. The quantitative estimate of drug-likeness (QED) is 0.817. The number of methoxy groups -OCH3 is 1. The lowest BCUT2D eigenvalue weighted by Gasteiger charge is -2.12. The van der Waals surface area contributed by atoms with Crippen molar-refractivity contribution in [2.45, 2.75) is 25.8 Å². The van der Waals surface area contributed by atoms with Crippen LogP contribution in [0.2, 0.25) is 0 Å². The molecule has 0 aromatic heterocycles. The summed E-state index contributed by atoms with van der Waals surface area (Å²) in [5.74, 6) is -2.00. The highest BCUT2D eigenvalue weighted by Gasteiger charge is 2.17. The van der Waals surface area contributed by atoms with Crippen LogP contribution in [0.1, 0.15) is 18.9 Å². The molecule has 0 radical (unpaired) electrons. The Morgan fingerprint density at radius 3 is 2.63 bits per heavy atom. The van der Waals surface area contributed by atoms with Gasteiger partial charge in [-0.3, -0.25) is 4.79 Å². The molecule has 1 aromatic rings. The molecule has 0 aliphatic carbocycles. The Morgan fingerprint density at radius 1 is 1.47 bits per heavy atom. The summed E-state index contributed by atoms with van der Waals surface area (Å²) in [7, 11) is 1.35. The number of ether oxygens (including phenoxy) is 1. The van der Waals surface area contributed by atoms with E-state index in [1.807, 2.05) is 0 Å². The fourth-order valence-corrected chi connectivity index (χ4v) is 1.59. The SMILES string of the molecule is CC[C@@H](NC(=O)Cc1ccc(OC)c(F)c1)C(=O)O. The Kier molecular flexibility index (Phi) is 5.29. The highest BCUT2D eigenvalue weighted by atomic mass is 19.1. The molecule has 2 N–H and O–H groups in total. The number of rotatable bonds is 6. The van der Waals surface area contributed by atoms with Crippen LogP contribution < -0.4 is 10.1 Å². The summed E-state index contributed by atoms with van der Waals surface area (Å²) in [4.78, 5) is 22.4. The molecule has 0 fully saturated rings. The molecule has 0 saturated carbocycles. The van der Waals surface area contributed by atoms with Gasteiger partial charge in [-0.1, -0.05) is 13.0 Å². The van der Waals surface area contributed by atoms with Crippen molar-refractivity contribution in [2.75, 3.05) is 7.11 Å². The van der Waals surface area contributed by atoms with Crippen LogP contribution in [-0.4, -0.2) is 30.1 Å². The van der Waals surface area contributed by atoms with Gasteiger partial charge in [0.2, 0.25) is 5.91 Å². The first kappa shape index (κ1) is 14.9. The van der Waals surface area contributed by atoms with Gasteiger partial charge < -0.3 is 15.2 Å². The standard InChI is InChI=1S/C13H16FNO4/c1-3-10(13(17)18)15-12(16)7-8-4-5-11(19-2)9(14)6-8/h4-6,10H,3,7H2,1-2H3,(H,15,16)(H,17,18)/t10-/m1/s1. The van der Waals surface area contributed by atoms with Gasteiger partial charge in [0, 0.05) is 0 Å². The van der Waals surface area contributed by atoms with Gasteiger partial charge in [-0.2, -0.15) is 0 Å². The Morgan fingerprint density at radius 2 is 2.16 bits per heavy atom. The first-order valence-corrected chi connectivity index (χ1v) is 5.82. The molecular formula is C13H16FNO4. The van der Waals surface area contributed by atoms with Crippen LogP contribution in [0.4, 0.5) is 4.39 Å². The maximum absolute atomic E-state index is 13.4. The van der Waals surface area contributed by atoms with E-state index < -0.39 is 23.7 Å². The number of benzene rings is 1. The average molecular weight is 269 g/mol. The van der Waals surface area contributed by atoms with E-state index in [4.69, 9.17) is 9.84 Å². The number of amides is 1. The fourth-order valence-electron chi connectivity index (χ4n) is 1.59. The molecule has 104 valence electrons. The number of carbonyl (C=O) groups excluding carboxylic acids is 1. The van der Waals surface area contributed by atoms with E-state index in [1.54, 1.807) is 13.0 Å². The Hall–Kier alpha value is -2.11. The molecule has 0 bridgehead atoms. The van der Waals surface area contributed by atoms with Crippen molar-refractivity contribution in [1.82, 2.24) is 5.32 Å². The van der Waals surface area contributed by atoms with Crippen molar-refractivity contribution in [3.05, 3.63) is 29.6 Å². The largest absolute Gasteiger partial charge is 0.494 e. The second-order valence-electron chi connectivity index (χ2n) is 4.01. The lowest BCUT2D eigenvalue weighted by atomic mass is 10.1. The van der Waals surface area contributed by atoms with Gasteiger partial charge >= 0.3 is 5.97 Å². The zero-order valence-corrected chi connectivity index (χ0v) is 10.8. The number of aliphatic carboxylic acids is 1. The topological polar surface area (TPSA) is 75.6 Å². The molecule has 0 unspecified atom stereocenters. The summed E-state index contributed by atoms with van der Waals surface area (Å²) >= 11 is 0. The van der Waals surface area contributed by atoms with Crippen LogP contribution in [0, 0.1) is 5.82 Å². The average Bonchev–Trinajstić information content (AvgIpc) is 2.35. The van der Waals surface area contributed by atoms with Crippen LogP contribution >= 0.6 is 0 Å². The zero-order chi connectivity index (χ0) is 14.4. The fraction of sp³-hybridized carbons (Fsp3) is 0.385. The number of nitrogens with one attached hydrogen (secondary N) is 1. The monoisotopic (exact) mass is 269 g/mol. The molecule has 1 rings (SSSR count). The zero-order valence-electron chi connectivity index (χ0n) is 10.8. The lowest BCUT2D eigenvalue weighted by molar-refractivity contribution is -0.141. The van der Waals surface area contributed by atoms with Gasteiger partial charge in [-0.25, -0.2) is 9.18 Å². The number of hydrogen-bond donors (Lipinski definition) is 2. The van der Waals surface area contributed by atoms with Crippen LogP contribution in [-0.2, 0) is 16.0 Å². The van der Waals surface area contributed by atoms with Crippen molar-refractivity contribution in [3.63, 3.8) is 0 Å². The second-order valence-corrected chi connectivity index (χ2v) is 4.01. The van der Waals surface area contributed by atoms with E-state index in [-0.39, 0.29) is 18.6 Å². The van der Waals surface area contributed by atoms with E-state index in [0.717, 1.165) is 0 Å². The molecule has 6 heteroatoms. The highest BCUT2D eigenvalue weighted by molar-refractivity contribution is 5.84. The van der Waals surface area contributed by atoms with Crippen molar-refractivity contribution in [3.8, 4) is 5.75 Å². The van der Waals surface area contributed by atoms with E-state index >= 15 is 0 Å². The lowest BCUT2D eigenvalue weighted by Crippen LogP contribution is -2.40. The number of hydrogen-bond acceptors (Lipinski definition) is 3. The molecule has 0 spiro atoms. The van der Waals surface area contributed by atoms with Crippen LogP contribution in [0.5, 0.6) is 5.75 Å². The van der Waals surface area contributed by atoms with Crippen LogP contribution in [0.15, 0.2) is 18.2 Å². The van der Waals surface area contributed by atoms with Crippen molar-refractivity contribution in [2.24, 2.45) is 0 Å². The molecule has 1 amide bonds. The highest BCUT2D eigenvalue weighted by Crippen LogP contribution is 2.17. The molecule has 0 aliphatic rings. The predicted molar refractivity (Wildman–Crippen MR) is 66.5 cm³/mol. The van der Waals surface area contributed by atoms with E-state index in [1.165, 1.54) is 19.2 Å². The van der Waals surface area contributed by atoms with Crippen molar-refractivity contribution in [1.29, 1.82) is 0 Å². The third-order valence-electron chi connectivity index (χ3n) is 2.62. The van der Waals surface area contributed by atoms with Crippen molar-refractivity contribution < 1.29 is 23.8 Å². The summed E-state index contributed by atoms with van der Waals surface area (Å²) in [5, 5.41) is 11.2.